The molecule has 0 atom stereocenters. The summed E-state index contributed by atoms with van der Waals surface area (Å²) >= 11 is 0. The van der Waals surface area contributed by atoms with Gasteiger partial charge in [-0.15, -0.1) is 0 Å². The van der Waals surface area contributed by atoms with Crippen LogP contribution in [0.15, 0.2) is 24.3 Å². The first-order chi connectivity index (χ1) is 9.04. The predicted molar refractivity (Wildman–Crippen MR) is 71.3 cm³/mol. The van der Waals surface area contributed by atoms with Crippen LogP contribution in [-0.4, -0.2) is 28.0 Å². The molecule has 0 spiro atoms. The molecule has 1 N–H and O–H groups in total. The highest BCUT2D eigenvalue weighted by Crippen LogP contribution is 2.34. The first kappa shape index (κ1) is 13.1. The van der Waals surface area contributed by atoms with Crippen molar-refractivity contribution in [2.75, 3.05) is 7.11 Å². The van der Waals surface area contributed by atoms with Crippen molar-refractivity contribution in [2.45, 2.75) is 13.3 Å². The number of methoxy groups -OCH3 is 1. The molecule has 19 heavy (non-hydrogen) atoms. The van der Waals surface area contributed by atoms with Crippen LogP contribution >= 0.6 is 0 Å². The number of aliphatic carboxylic acids is 1. The first-order valence-corrected chi connectivity index (χ1v) is 5.92. The van der Waals surface area contributed by atoms with Crippen LogP contribution in [0.25, 0.3) is 11.1 Å². The van der Waals surface area contributed by atoms with Crippen LogP contribution in [0.1, 0.15) is 11.4 Å². The minimum absolute atomic E-state index is 0.102. The Kier molecular flexibility index (Phi) is 3.55. The predicted octanol–water partition coefficient (Wildman–Crippen LogP) is 2.03. The molecular weight excluding hydrogens is 244 g/mol. The first-order valence-electron chi connectivity index (χ1n) is 5.92. The number of carbonyl (C=O) groups is 1. The molecule has 0 aliphatic carbocycles. The van der Waals surface area contributed by atoms with Crippen molar-refractivity contribution in [3.63, 3.8) is 0 Å². The van der Waals surface area contributed by atoms with E-state index in [0.29, 0.717) is 11.4 Å². The lowest BCUT2D eigenvalue weighted by Gasteiger charge is -2.09. The van der Waals surface area contributed by atoms with Crippen molar-refractivity contribution in [3.8, 4) is 16.9 Å². The van der Waals surface area contributed by atoms with Gasteiger partial charge >= 0.3 is 5.97 Å². The summed E-state index contributed by atoms with van der Waals surface area (Å²) < 4.78 is 7.03. The van der Waals surface area contributed by atoms with Crippen LogP contribution in [0, 0.1) is 6.92 Å². The number of nitrogens with zero attached hydrogens (tertiary/aromatic N) is 2. The maximum absolute atomic E-state index is 10.9. The SMILES string of the molecule is COc1ccccc1-c1c(CC(=O)O)nn(C)c1C. The highest BCUT2D eigenvalue weighted by atomic mass is 16.5. The van der Waals surface area contributed by atoms with E-state index >= 15 is 0 Å². The Balaban J connectivity index is 2.63. The Bertz CT molecular complexity index is 617. The maximum atomic E-state index is 10.9. The fourth-order valence-corrected chi connectivity index (χ4v) is 2.15. The molecule has 0 fully saturated rings. The van der Waals surface area contributed by atoms with E-state index in [1.54, 1.807) is 18.8 Å². The average molecular weight is 260 g/mol. The molecule has 0 bridgehead atoms. The van der Waals surface area contributed by atoms with Gasteiger partial charge in [0.05, 0.1) is 19.2 Å². The van der Waals surface area contributed by atoms with Crippen LogP contribution < -0.4 is 4.74 Å². The van der Waals surface area contributed by atoms with E-state index in [1.165, 1.54) is 0 Å². The van der Waals surface area contributed by atoms with Gasteiger partial charge in [0.25, 0.3) is 0 Å². The molecule has 0 aliphatic rings. The van der Waals surface area contributed by atoms with Gasteiger partial charge in [-0.2, -0.15) is 5.10 Å². The van der Waals surface area contributed by atoms with Gasteiger partial charge in [0, 0.05) is 23.9 Å². The van der Waals surface area contributed by atoms with Crippen molar-refractivity contribution in [2.24, 2.45) is 7.05 Å². The summed E-state index contributed by atoms with van der Waals surface area (Å²) in [5.41, 5.74) is 3.17. The van der Waals surface area contributed by atoms with Gasteiger partial charge in [-0.3, -0.25) is 9.48 Å². The molecule has 1 heterocycles. The van der Waals surface area contributed by atoms with Crippen molar-refractivity contribution >= 4 is 5.97 Å². The number of hydrogen-bond donors (Lipinski definition) is 1. The minimum Gasteiger partial charge on any atom is -0.496 e. The van der Waals surface area contributed by atoms with Crippen molar-refractivity contribution in [3.05, 3.63) is 35.7 Å². The molecule has 2 aromatic rings. The van der Waals surface area contributed by atoms with E-state index in [9.17, 15) is 4.79 Å². The molecule has 1 aromatic heterocycles. The zero-order valence-corrected chi connectivity index (χ0v) is 11.2. The zero-order chi connectivity index (χ0) is 14.0. The van der Waals surface area contributed by atoms with Crippen molar-refractivity contribution in [1.82, 2.24) is 9.78 Å². The summed E-state index contributed by atoms with van der Waals surface area (Å²) in [6.07, 6.45) is -0.102. The molecule has 0 saturated heterocycles. The van der Waals surface area contributed by atoms with Crippen LogP contribution in [0.4, 0.5) is 0 Å². The van der Waals surface area contributed by atoms with Gasteiger partial charge in [-0.05, 0) is 13.0 Å². The Morgan fingerprint density at radius 1 is 1.42 bits per heavy atom. The lowest BCUT2D eigenvalue weighted by atomic mass is 10.0. The fourth-order valence-electron chi connectivity index (χ4n) is 2.15. The van der Waals surface area contributed by atoms with Gasteiger partial charge in [-0.1, -0.05) is 18.2 Å². The third kappa shape index (κ3) is 2.45. The second kappa shape index (κ2) is 5.14. The minimum atomic E-state index is -0.894. The molecule has 2 rings (SSSR count). The topological polar surface area (TPSA) is 64.3 Å². The Hall–Kier alpha value is -2.30. The van der Waals surface area contributed by atoms with E-state index in [-0.39, 0.29) is 6.42 Å². The lowest BCUT2D eigenvalue weighted by Crippen LogP contribution is -2.03. The number of ether oxygens (including phenoxy) is 1. The standard InChI is InChI=1S/C14H16N2O3/c1-9-14(10-6-4-5-7-12(10)19-3)11(8-13(17)18)15-16(9)2/h4-7H,8H2,1-3H3,(H,17,18). The van der Waals surface area contributed by atoms with E-state index in [4.69, 9.17) is 9.84 Å². The normalized spacial score (nSPS) is 10.5. The molecular formula is C14H16N2O3. The number of aryl methyl sites for hydroxylation is 1. The Labute approximate surface area is 111 Å². The molecule has 1 aromatic carbocycles. The number of aromatic nitrogens is 2. The second-order valence-electron chi connectivity index (χ2n) is 4.30. The van der Waals surface area contributed by atoms with Gasteiger partial charge < -0.3 is 9.84 Å². The summed E-state index contributed by atoms with van der Waals surface area (Å²) in [7, 11) is 3.40. The summed E-state index contributed by atoms with van der Waals surface area (Å²) in [6, 6.07) is 7.54. The van der Waals surface area contributed by atoms with E-state index in [2.05, 4.69) is 5.10 Å². The number of rotatable bonds is 4. The van der Waals surface area contributed by atoms with E-state index < -0.39 is 5.97 Å². The van der Waals surface area contributed by atoms with E-state index in [0.717, 1.165) is 16.8 Å². The summed E-state index contributed by atoms with van der Waals surface area (Å²) in [5, 5.41) is 13.3. The van der Waals surface area contributed by atoms with Crippen molar-refractivity contribution < 1.29 is 14.6 Å². The second-order valence-corrected chi connectivity index (χ2v) is 4.30. The van der Waals surface area contributed by atoms with Crippen LogP contribution in [0.3, 0.4) is 0 Å². The molecule has 0 aliphatic heterocycles. The lowest BCUT2D eigenvalue weighted by molar-refractivity contribution is -0.136. The van der Waals surface area contributed by atoms with Gasteiger partial charge in [0.2, 0.25) is 0 Å². The number of para-hydroxylation sites is 1. The third-order valence-corrected chi connectivity index (χ3v) is 3.10. The number of carboxylic acids is 1. The van der Waals surface area contributed by atoms with Crippen LogP contribution in [0.2, 0.25) is 0 Å². The monoisotopic (exact) mass is 260 g/mol. The number of benzene rings is 1. The quantitative estimate of drug-likeness (QED) is 0.913. The molecule has 100 valence electrons. The summed E-state index contributed by atoms with van der Waals surface area (Å²) in [4.78, 5) is 10.9. The highest BCUT2D eigenvalue weighted by molar-refractivity contribution is 5.79. The molecule has 5 nitrogen and oxygen atoms in total. The third-order valence-electron chi connectivity index (χ3n) is 3.10. The molecule has 5 heteroatoms. The van der Waals surface area contributed by atoms with E-state index in [1.807, 2.05) is 31.2 Å². The van der Waals surface area contributed by atoms with Gasteiger partial charge in [0.1, 0.15) is 5.75 Å². The maximum Gasteiger partial charge on any atom is 0.309 e. The molecule has 0 unspecified atom stereocenters. The van der Waals surface area contributed by atoms with Crippen LogP contribution in [0.5, 0.6) is 5.75 Å². The Morgan fingerprint density at radius 2 is 2.11 bits per heavy atom. The summed E-state index contributed by atoms with van der Waals surface area (Å²) in [5.74, 6) is -0.181. The fraction of sp³-hybridized carbons (Fsp3) is 0.286. The Morgan fingerprint density at radius 3 is 2.74 bits per heavy atom. The highest BCUT2D eigenvalue weighted by Gasteiger charge is 2.19. The number of carboxylic acid groups (broad SMARTS) is 1. The largest absolute Gasteiger partial charge is 0.496 e. The van der Waals surface area contributed by atoms with Crippen molar-refractivity contribution in [1.29, 1.82) is 0 Å². The van der Waals surface area contributed by atoms with Crippen LogP contribution in [-0.2, 0) is 18.3 Å². The average Bonchev–Trinajstić information content (AvgIpc) is 2.64. The van der Waals surface area contributed by atoms with Gasteiger partial charge in [0.15, 0.2) is 0 Å². The molecule has 0 radical (unpaired) electrons. The molecule has 0 amide bonds. The number of hydrogen-bond acceptors (Lipinski definition) is 3. The van der Waals surface area contributed by atoms with Gasteiger partial charge in [-0.25, -0.2) is 0 Å². The summed E-state index contributed by atoms with van der Waals surface area (Å²) in [6.45, 7) is 1.92. The molecule has 0 saturated carbocycles. The smallest absolute Gasteiger partial charge is 0.309 e. The zero-order valence-electron chi connectivity index (χ0n) is 11.2.